The van der Waals surface area contributed by atoms with Crippen molar-refractivity contribution in [2.45, 2.75) is 36.8 Å². The molecule has 1 aliphatic rings. The maximum absolute atomic E-state index is 12.7. The highest BCUT2D eigenvalue weighted by Gasteiger charge is 2.19. The summed E-state index contributed by atoms with van der Waals surface area (Å²) in [6.07, 6.45) is 2.20. The molecule has 4 rings (SSSR count). The summed E-state index contributed by atoms with van der Waals surface area (Å²) in [6.45, 7) is 4.03. The number of benzene rings is 3. The van der Waals surface area contributed by atoms with E-state index in [0.717, 1.165) is 28.8 Å². The van der Waals surface area contributed by atoms with Crippen molar-refractivity contribution in [1.82, 2.24) is 0 Å². The van der Waals surface area contributed by atoms with E-state index in [2.05, 4.69) is 60.8 Å². The highest BCUT2D eigenvalue weighted by Crippen LogP contribution is 2.35. The van der Waals surface area contributed by atoms with Gasteiger partial charge in [0.15, 0.2) is 0 Å². The van der Waals surface area contributed by atoms with E-state index in [4.69, 9.17) is 0 Å². The molecule has 0 saturated heterocycles. The molecule has 1 atom stereocenters. The van der Waals surface area contributed by atoms with Gasteiger partial charge in [-0.25, -0.2) is 0 Å². The monoisotopic (exact) mass is 347 g/mol. The Morgan fingerprint density at radius 1 is 1.00 bits per heavy atom. The number of anilines is 1. The number of hydrogen-bond acceptors (Lipinski definition) is 2. The Kier molecular flexibility index (Phi) is 4.26. The zero-order chi connectivity index (χ0) is 17.4. The molecule has 1 N–H and O–H groups in total. The Balaban J connectivity index is 1.55. The number of carbonyl (C=O) groups excluding carboxylic acids is 1. The van der Waals surface area contributed by atoms with E-state index < -0.39 is 0 Å². The van der Waals surface area contributed by atoms with Crippen LogP contribution in [0.5, 0.6) is 0 Å². The molecule has 126 valence electrons. The van der Waals surface area contributed by atoms with Gasteiger partial charge in [0.25, 0.3) is 0 Å². The van der Waals surface area contributed by atoms with Crippen molar-refractivity contribution in [3.63, 3.8) is 0 Å². The maximum Gasteiger partial charge on any atom is 0.237 e. The summed E-state index contributed by atoms with van der Waals surface area (Å²) in [4.78, 5) is 13.8. The molecule has 3 aromatic rings. The average Bonchev–Trinajstić information content (AvgIpc) is 3.04. The topological polar surface area (TPSA) is 29.1 Å². The second-order valence-electron chi connectivity index (χ2n) is 6.67. The van der Waals surface area contributed by atoms with Gasteiger partial charge in [-0.15, -0.1) is 11.8 Å². The first-order chi connectivity index (χ1) is 12.1. The third kappa shape index (κ3) is 3.16. The molecule has 0 heterocycles. The Bertz CT molecular complexity index is 936. The molecule has 0 bridgehead atoms. The fraction of sp³-hybridized carbons (Fsp3) is 0.227. The van der Waals surface area contributed by atoms with Crippen LogP contribution in [0.3, 0.4) is 0 Å². The highest BCUT2D eigenvalue weighted by atomic mass is 32.2. The SMILES string of the molecule is Cc1ccc(S[C@H](C)C(=O)Nc2ccc3c4c(cccc24)CC3)cc1. The molecule has 2 nitrogen and oxygen atoms in total. The van der Waals surface area contributed by atoms with Crippen molar-refractivity contribution < 1.29 is 4.79 Å². The molecular formula is C22H21NOS. The molecule has 0 unspecified atom stereocenters. The normalized spacial score (nSPS) is 13.8. The zero-order valence-electron chi connectivity index (χ0n) is 14.5. The summed E-state index contributed by atoms with van der Waals surface area (Å²) in [5.74, 6) is 0.0456. The second kappa shape index (κ2) is 6.57. The standard InChI is InChI=1S/C22H21NOS/c1-14-6-11-18(12-7-14)25-15(2)22(24)23-20-13-10-17-9-8-16-4-3-5-19(20)21(16)17/h3-7,10-13,15H,8-9H2,1-2H3,(H,23,24)/t15-/m1/s1. The summed E-state index contributed by atoms with van der Waals surface area (Å²) < 4.78 is 0. The summed E-state index contributed by atoms with van der Waals surface area (Å²) in [5, 5.41) is 5.48. The molecule has 25 heavy (non-hydrogen) atoms. The van der Waals surface area contributed by atoms with E-state index in [-0.39, 0.29) is 11.2 Å². The van der Waals surface area contributed by atoms with E-state index in [1.54, 1.807) is 11.8 Å². The van der Waals surface area contributed by atoms with Gasteiger partial charge in [0.05, 0.1) is 5.25 Å². The number of aryl methyl sites for hydroxylation is 3. The lowest BCUT2D eigenvalue weighted by Gasteiger charge is -2.14. The minimum absolute atomic E-state index is 0.0456. The van der Waals surface area contributed by atoms with Crippen LogP contribution < -0.4 is 5.32 Å². The van der Waals surface area contributed by atoms with Crippen LogP contribution in [-0.2, 0) is 17.6 Å². The Labute approximate surface area is 152 Å². The van der Waals surface area contributed by atoms with Gasteiger partial charge in [0.2, 0.25) is 5.91 Å². The molecular weight excluding hydrogens is 326 g/mol. The zero-order valence-corrected chi connectivity index (χ0v) is 15.3. The fourth-order valence-corrected chi connectivity index (χ4v) is 4.33. The number of nitrogens with one attached hydrogen (secondary N) is 1. The molecule has 0 fully saturated rings. The molecule has 0 spiro atoms. The van der Waals surface area contributed by atoms with E-state index in [9.17, 15) is 4.79 Å². The van der Waals surface area contributed by atoms with Gasteiger partial charge in [0, 0.05) is 16.0 Å². The molecule has 3 aromatic carbocycles. The minimum Gasteiger partial charge on any atom is -0.325 e. The van der Waals surface area contributed by atoms with Gasteiger partial charge in [-0.2, -0.15) is 0 Å². The van der Waals surface area contributed by atoms with Crippen molar-refractivity contribution in [3.8, 4) is 0 Å². The first kappa shape index (κ1) is 16.2. The van der Waals surface area contributed by atoms with Crippen LogP contribution in [0.1, 0.15) is 23.6 Å². The third-order valence-corrected chi connectivity index (χ3v) is 5.95. The van der Waals surface area contributed by atoms with E-state index >= 15 is 0 Å². The molecule has 0 aliphatic heterocycles. The number of amides is 1. The summed E-state index contributed by atoms with van der Waals surface area (Å²) in [6, 6.07) is 18.9. The van der Waals surface area contributed by atoms with Crippen LogP contribution >= 0.6 is 11.8 Å². The Morgan fingerprint density at radius 2 is 1.72 bits per heavy atom. The molecule has 0 aromatic heterocycles. The Morgan fingerprint density at radius 3 is 2.48 bits per heavy atom. The van der Waals surface area contributed by atoms with Gasteiger partial charge < -0.3 is 5.32 Å². The number of thioether (sulfide) groups is 1. The van der Waals surface area contributed by atoms with Crippen LogP contribution in [0.25, 0.3) is 10.8 Å². The predicted octanol–water partition coefficient (Wildman–Crippen LogP) is 5.37. The lowest BCUT2D eigenvalue weighted by atomic mass is 10.0. The third-order valence-electron chi connectivity index (χ3n) is 4.84. The number of carbonyl (C=O) groups is 1. The molecule has 1 aliphatic carbocycles. The molecule has 0 radical (unpaired) electrons. The number of hydrogen-bond donors (Lipinski definition) is 1. The minimum atomic E-state index is -0.147. The molecule has 0 saturated carbocycles. The van der Waals surface area contributed by atoms with Crippen molar-refractivity contribution in [2.75, 3.05) is 5.32 Å². The van der Waals surface area contributed by atoms with Crippen molar-refractivity contribution in [2.24, 2.45) is 0 Å². The van der Waals surface area contributed by atoms with E-state index in [1.165, 1.54) is 22.1 Å². The van der Waals surface area contributed by atoms with E-state index in [0.29, 0.717) is 0 Å². The van der Waals surface area contributed by atoms with Gasteiger partial charge in [-0.1, -0.05) is 42.0 Å². The van der Waals surface area contributed by atoms with Crippen LogP contribution in [0.15, 0.2) is 59.5 Å². The average molecular weight is 347 g/mol. The van der Waals surface area contributed by atoms with Crippen LogP contribution in [0, 0.1) is 6.92 Å². The van der Waals surface area contributed by atoms with Crippen LogP contribution in [0.4, 0.5) is 5.69 Å². The van der Waals surface area contributed by atoms with Crippen LogP contribution in [-0.4, -0.2) is 11.2 Å². The summed E-state index contributed by atoms with van der Waals surface area (Å²) >= 11 is 1.59. The lowest BCUT2D eigenvalue weighted by Crippen LogP contribution is -2.22. The van der Waals surface area contributed by atoms with Crippen LogP contribution in [0.2, 0.25) is 0 Å². The van der Waals surface area contributed by atoms with Gasteiger partial charge in [-0.3, -0.25) is 4.79 Å². The second-order valence-corrected chi connectivity index (χ2v) is 8.09. The highest BCUT2D eigenvalue weighted by molar-refractivity contribution is 8.00. The molecule has 3 heteroatoms. The summed E-state index contributed by atoms with van der Waals surface area (Å²) in [5.41, 5.74) is 4.94. The van der Waals surface area contributed by atoms with Gasteiger partial charge in [-0.05, 0) is 61.4 Å². The summed E-state index contributed by atoms with van der Waals surface area (Å²) in [7, 11) is 0. The predicted molar refractivity (Wildman–Crippen MR) is 106 cm³/mol. The van der Waals surface area contributed by atoms with Crippen molar-refractivity contribution >= 4 is 34.1 Å². The fourth-order valence-electron chi connectivity index (χ4n) is 3.46. The molecule has 1 amide bonds. The van der Waals surface area contributed by atoms with E-state index in [1.807, 2.05) is 13.0 Å². The maximum atomic E-state index is 12.7. The number of rotatable bonds is 4. The first-order valence-electron chi connectivity index (χ1n) is 8.69. The first-order valence-corrected chi connectivity index (χ1v) is 9.57. The van der Waals surface area contributed by atoms with Gasteiger partial charge in [0.1, 0.15) is 0 Å². The smallest absolute Gasteiger partial charge is 0.237 e. The largest absolute Gasteiger partial charge is 0.325 e. The quantitative estimate of drug-likeness (QED) is 0.643. The van der Waals surface area contributed by atoms with Crippen molar-refractivity contribution in [1.29, 1.82) is 0 Å². The Hall–Kier alpha value is -2.26. The van der Waals surface area contributed by atoms with Crippen molar-refractivity contribution in [3.05, 3.63) is 71.3 Å². The lowest BCUT2D eigenvalue weighted by molar-refractivity contribution is -0.115. The van der Waals surface area contributed by atoms with Gasteiger partial charge >= 0.3 is 0 Å².